The number of nitrogens with one attached hydrogen (secondary N) is 3. The molecule has 4 aromatic rings. The number of amides is 3. The molecule has 0 bridgehead atoms. The first-order valence-electron chi connectivity index (χ1n) is 12.2. The molecule has 0 unspecified atom stereocenters. The van der Waals surface area contributed by atoms with Crippen LogP contribution in [0.2, 0.25) is 10.0 Å². The fraction of sp³-hybridized carbons (Fsp3) is 0.214. The highest BCUT2D eigenvalue weighted by Gasteiger charge is 2.22. The first kappa shape index (κ1) is 27.9. The van der Waals surface area contributed by atoms with Crippen molar-refractivity contribution in [1.29, 1.82) is 0 Å². The molecule has 0 spiro atoms. The van der Waals surface area contributed by atoms with Gasteiger partial charge in [-0.25, -0.2) is 9.48 Å². The van der Waals surface area contributed by atoms with Crippen molar-refractivity contribution in [2.45, 2.75) is 33.1 Å². The molecule has 0 aliphatic heterocycles. The van der Waals surface area contributed by atoms with Crippen LogP contribution in [0.1, 0.15) is 43.9 Å². The van der Waals surface area contributed by atoms with E-state index in [0.717, 1.165) is 5.69 Å². The Morgan fingerprint density at radius 1 is 0.923 bits per heavy atom. The third-order valence-electron chi connectivity index (χ3n) is 5.52. The summed E-state index contributed by atoms with van der Waals surface area (Å²) < 4.78 is 7.45. The molecule has 0 saturated heterocycles. The Morgan fingerprint density at radius 3 is 2.33 bits per heavy atom. The summed E-state index contributed by atoms with van der Waals surface area (Å²) in [6, 6.07) is 16.6. The molecular weight excluding hydrogens is 539 g/mol. The molecule has 202 valence electrons. The van der Waals surface area contributed by atoms with Crippen LogP contribution < -0.4 is 20.7 Å². The van der Waals surface area contributed by atoms with Gasteiger partial charge in [-0.15, -0.1) is 0 Å². The van der Waals surface area contributed by atoms with Gasteiger partial charge in [0.2, 0.25) is 0 Å². The van der Waals surface area contributed by atoms with E-state index in [4.69, 9.17) is 27.9 Å². The maximum atomic E-state index is 12.9. The number of hydrogen-bond donors (Lipinski definition) is 3. The lowest BCUT2D eigenvalue weighted by Crippen LogP contribution is -2.23. The van der Waals surface area contributed by atoms with E-state index in [2.05, 4.69) is 26.0 Å². The largest absolute Gasteiger partial charge is 0.457 e. The highest BCUT2D eigenvalue weighted by Crippen LogP contribution is 2.30. The lowest BCUT2D eigenvalue weighted by Gasteiger charge is -2.14. The molecule has 0 aliphatic rings. The first-order chi connectivity index (χ1) is 18.5. The molecule has 2 heterocycles. The average molecular weight is 567 g/mol. The monoisotopic (exact) mass is 566 g/mol. The third kappa shape index (κ3) is 7.07. The molecule has 11 heteroatoms. The van der Waals surface area contributed by atoms with Crippen LogP contribution in [0.4, 0.5) is 16.3 Å². The number of carbonyl (C=O) groups is 2. The topological polar surface area (TPSA) is 110 Å². The fourth-order valence-electron chi connectivity index (χ4n) is 3.52. The summed E-state index contributed by atoms with van der Waals surface area (Å²) in [6.45, 7) is 8.45. The van der Waals surface area contributed by atoms with E-state index in [9.17, 15) is 9.59 Å². The smallest absolute Gasteiger partial charge is 0.324 e. The number of nitrogens with zero attached hydrogens (tertiary/aromatic N) is 3. The standard InChI is InChI=1S/C28H28Cl2N6O3/c1-5-31-26(37)23-15-20(12-13-32-23)39-19-9-6-17(7-10-19)33-27(38)34-25-16-24(28(2,3)4)35-36(25)18-8-11-21(29)22(30)14-18/h6-16H,5H2,1-4H3,(H,31,37)(H2,33,34,38). The number of urea groups is 1. The lowest BCUT2D eigenvalue weighted by molar-refractivity contribution is 0.0950. The van der Waals surface area contributed by atoms with Gasteiger partial charge in [0.15, 0.2) is 0 Å². The van der Waals surface area contributed by atoms with Gasteiger partial charge in [0.05, 0.1) is 21.4 Å². The van der Waals surface area contributed by atoms with E-state index in [0.29, 0.717) is 45.3 Å². The second-order valence-electron chi connectivity index (χ2n) is 9.62. The second-order valence-corrected chi connectivity index (χ2v) is 10.4. The van der Waals surface area contributed by atoms with Gasteiger partial charge in [-0.05, 0) is 55.5 Å². The van der Waals surface area contributed by atoms with Gasteiger partial charge >= 0.3 is 6.03 Å². The van der Waals surface area contributed by atoms with E-state index in [1.807, 2.05) is 33.8 Å². The van der Waals surface area contributed by atoms with E-state index in [-0.39, 0.29) is 17.0 Å². The van der Waals surface area contributed by atoms with Crippen molar-refractivity contribution in [2.24, 2.45) is 0 Å². The predicted molar refractivity (Wildman–Crippen MR) is 154 cm³/mol. The van der Waals surface area contributed by atoms with Crippen molar-refractivity contribution in [2.75, 3.05) is 17.2 Å². The highest BCUT2D eigenvalue weighted by atomic mass is 35.5. The third-order valence-corrected chi connectivity index (χ3v) is 6.26. The summed E-state index contributed by atoms with van der Waals surface area (Å²) >= 11 is 12.3. The van der Waals surface area contributed by atoms with Gasteiger partial charge in [0, 0.05) is 36.0 Å². The number of carbonyl (C=O) groups excluding carboxylic acids is 2. The van der Waals surface area contributed by atoms with Crippen LogP contribution >= 0.6 is 23.2 Å². The van der Waals surface area contributed by atoms with Crippen molar-refractivity contribution >= 4 is 46.6 Å². The zero-order valence-electron chi connectivity index (χ0n) is 21.9. The van der Waals surface area contributed by atoms with Gasteiger partial charge in [-0.1, -0.05) is 44.0 Å². The van der Waals surface area contributed by atoms with Crippen molar-refractivity contribution in [1.82, 2.24) is 20.1 Å². The molecule has 4 rings (SSSR count). The molecule has 2 aromatic carbocycles. The molecule has 0 atom stereocenters. The Kier molecular flexibility index (Phi) is 8.42. The molecule has 0 aliphatic carbocycles. The molecule has 39 heavy (non-hydrogen) atoms. The summed E-state index contributed by atoms with van der Waals surface area (Å²) in [5.41, 5.74) is 2.01. The Morgan fingerprint density at radius 2 is 1.67 bits per heavy atom. The summed E-state index contributed by atoms with van der Waals surface area (Å²) in [4.78, 5) is 29.0. The second kappa shape index (κ2) is 11.8. The molecule has 3 N–H and O–H groups in total. The first-order valence-corrected chi connectivity index (χ1v) is 12.9. The quantitative estimate of drug-likeness (QED) is 0.222. The number of aromatic nitrogens is 3. The molecule has 0 radical (unpaired) electrons. The molecular formula is C28H28Cl2N6O3. The zero-order valence-corrected chi connectivity index (χ0v) is 23.4. The van der Waals surface area contributed by atoms with Crippen LogP contribution in [0, 0.1) is 0 Å². The van der Waals surface area contributed by atoms with Crippen LogP contribution in [0.3, 0.4) is 0 Å². The Hall–Kier alpha value is -4.08. The number of rotatable bonds is 7. The molecule has 2 aromatic heterocycles. The Balaban J connectivity index is 1.46. The zero-order chi connectivity index (χ0) is 28.2. The van der Waals surface area contributed by atoms with E-state index in [1.165, 1.54) is 6.20 Å². The molecule has 3 amide bonds. The van der Waals surface area contributed by atoms with Gasteiger partial charge < -0.3 is 15.4 Å². The van der Waals surface area contributed by atoms with Crippen molar-refractivity contribution in [3.8, 4) is 17.2 Å². The number of ether oxygens (including phenoxy) is 1. The maximum Gasteiger partial charge on any atom is 0.324 e. The van der Waals surface area contributed by atoms with Crippen LogP contribution in [0.5, 0.6) is 11.5 Å². The van der Waals surface area contributed by atoms with Crippen molar-refractivity contribution in [3.63, 3.8) is 0 Å². The van der Waals surface area contributed by atoms with E-state index in [1.54, 1.807) is 59.3 Å². The average Bonchev–Trinajstić information content (AvgIpc) is 3.31. The van der Waals surface area contributed by atoms with Crippen LogP contribution in [-0.2, 0) is 5.41 Å². The fourth-order valence-corrected chi connectivity index (χ4v) is 3.81. The normalized spacial score (nSPS) is 11.1. The summed E-state index contributed by atoms with van der Waals surface area (Å²) in [6.07, 6.45) is 1.51. The number of pyridine rings is 1. The van der Waals surface area contributed by atoms with E-state index >= 15 is 0 Å². The highest BCUT2D eigenvalue weighted by molar-refractivity contribution is 6.42. The molecule has 0 saturated carbocycles. The van der Waals surface area contributed by atoms with Crippen LogP contribution in [0.15, 0.2) is 66.9 Å². The Labute approximate surface area is 236 Å². The Bertz CT molecular complexity index is 1500. The minimum atomic E-state index is -0.453. The predicted octanol–water partition coefficient (Wildman–Crippen LogP) is 7.06. The summed E-state index contributed by atoms with van der Waals surface area (Å²) in [5, 5.41) is 13.9. The van der Waals surface area contributed by atoms with Crippen molar-refractivity contribution < 1.29 is 14.3 Å². The summed E-state index contributed by atoms with van der Waals surface area (Å²) in [7, 11) is 0. The van der Waals surface area contributed by atoms with Gasteiger partial charge in [0.1, 0.15) is 23.0 Å². The van der Waals surface area contributed by atoms with Crippen molar-refractivity contribution in [3.05, 3.63) is 88.3 Å². The number of anilines is 2. The molecule has 0 fully saturated rings. The van der Waals surface area contributed by atoms with Gasteiger partial charge in [0.25, 0.3) is 5.91 Å². The van der Waals surface area contributed by atoms with Gasteiger partial charge in [-0.2, -0.15) is 5.10 Å². The van der Waals surface area contributed by atoms with E-state index < -0.39 is 6.03 Å². The summed E-state index contributed by atoms with van der Waals surface area (Å²) in [5.74, 6) is 1.19. The maximum absolute atomic E-state index is 12.9. The SMILES string of the molecule is CCNC(=O)c1cc(Oc2ccc(NC(=O)Nc3cc(C(C)(C)C)nn3-c3ccc(Cl)c(Cl)c3)cc2)ccn1. The number of halogens is 2. The number of benzene rings is 2. The lowest BCUT2D eigenvalue weighted by atomic mass is 9.92. The van der Waals surface area contributed by atoms with Crippen LogP contribution in [-0.4, -0.2) is 33.2 Å². The minimum Gasteiger partial charge on any atom is -0.457 e. The number of hydrogen-bond acceptors (Lipinski definition) is 5. The van der Waals surface area contributed by atoms with Crippen LogP contribution in [0.25, 0.3) is 5.69 Å². The van der Waals surface area contributed by atoms with Gasteiger partial charge in [-0.3, -0.25) is 15.1 Å². The minimum absolute atomic E-state index is 0.250. The molecule has 9 nitrogen and oxygen atoms in total.